The molecule has 0 saturated heterocycles. The number of anilines is 1. The van der Waals surface area contributed by atoms with E-state index in [2.05, 4.69) is 11.4 Å². The number of carbonyl (C=O) groups excluding carboxylic acids is 3. The third kappa shape index (κ3) is 4.32. The van der Waals surface area contributed by atoms with Gasteiger partial charge in [0.15, 0.2) is 6.61 Å². The van der Waals surface area contributed by atoms with Gasteiger partial charge in [-0.2, -0.15) is 0 Å². The molecule has 3 amide bonds. The lowest BCUT2D eigenvalue weighted by Gasteiger charge is -2.55. The van der Waals surface area contributed by atoms with E-state index in [1.165, 1.54) is 6.92 Å². The molecule has 1 aliphatic rings. The lowest BCUT2D eigenvalue weighted by molar-refractivity contribution is -0.127. The average molecular weight is 451 g/mol. The molecule has 7 heteroatoms. The Morgan fingerprint density at radius 2 is 1.79 bits per heavy atom. The number of hydrogen-bond donors (Lipinski definition) is 2. The van der Waals surface area contributed by atoms with Gasteiger partial charge in [0.1, 0.15) is 5.75 Å². The number of fused-ring (bicyclic) bond motifs is 1. The van der Waals surface area contributed by atoms with E-state index in [1.54, 1.807) is 23.1 Å². The van der Waals surface area contributed by atoms with Crippen molar-refractivity contribution < 1.29 is 19.1 Å². The van der Waals surface area contributed by atoms with Crippen LogP contribution in [0.25, 0.3) is 0 Å². The van der Waals surface area contributed by atoms with Gasteiger partial charge in [0.2, 0.25) is 11.8 Å². The first-order valence-electron chi connectivity index (χ1n) is 11.0. The van der Waals surface area contributed by atoms with E-state index >= 15 is 0 Å². The molecule has 3 N–H and O–H groups in total. The second-order valence-electron chi connectivity index (χ2n) is 9.52. The van der Waals surface area contributed by atoms with Gasteiger partial charge in [-0.15, -0.1) is 0 Å². The molecule has 2 aromatic carbocycles. The lowest BCUT2D eigenvalue weighted by atomic mass is 9.57. The number of nitrogens with one attached hydrogen (secondary N) is 1. The van der Waals surface area contributed by atoms with Gasteiger partial charge < -0.3 is 20.7 Å². The van der Waals surface area contributed by atoms with Crippen LogP contribution in [0.3, 0.4) is 0 Å². The minimum Gasteiger partial charge on any atom is -0.484 e. The first-order chi connectivity index (χ1) is 15.4. The Labute approximate surface area is 195 Å². The van der Waals surface area contributed by atoms with Crippen molar-refractivity contribution >= 4 is 23.4 Å². The van der Waals surface area contributed by atoms with Gasteiger partial charge in [0, 0.05) is 24.1 Å². The van der Waals surface area contributed by atoms with Crippen LogP contribution in [0.4, 0.5) is 5.69 Å². The first-order valence-corrected chi connectivity index (χ1v) is 11.0. The number of primary amides is 1. The number of amides is 3. The molecule has 3 rings (SSSR count). The summed E-state index contributed by atoms with van der Waals surface area (Å²) in [5.74, 6) is -1.02. The van der Waals surface area contributed by atoms with E-state index in [1.807, 2.05) is 58.9 Å². The number of ether oxygens (including phenoxy) is 1. The lowest BCUT2D eigenvalue weighted by Crippen LogP contribution is -2.65. The maximum Gasteiger partial charge on any atom is 0.258 e. The largest absolute Gasteiger partial charge is 0.484 e. The summed E-state index contributed by atoms with van der Waals surface area (Å²) < 4.78 is 5.61. The van der Waals surface area contributed by atoms with Crippen molar-refractivity contribution in [3.63, 3.8) is 0 Å². The second-order valence-corrected chi connectivity index (χ2v) is 9.52. The molecule has 0 aromatic heterocycles. The summed E-state index contributed by atoms with van der Waals surface area (Å²) in [5.41, 5.74) is 6.66. The number of nitrogens with two attached hydrogens (primary N) is 1. The molecule has 2 unspecified atom stereocenters. The molecule has 1 radical (unpaired) electrons. The minimum atomic E-state index is -0.870. The van der Waals surface area contributed by atoms with Gasteiger partial charge in [-0.1, -0.05) is 25.1 Å². The Balaban J connectivity index is 2.06. The standard InChI is InChI=1S/C26H32N3O4/c1-16(2)28-22(31)15-33-19-13-11-18(12-14-19)26(6)20-9-7-8-10-21(20)29(17(3)30)25(4,5)23(26)24(27)32/h8-14,16,23H,15H2,1-6H3,(H2,27,32)(H,28,31). The molecule has 2 aromatic rings. The molecule has 1 aliphatic heterocycles. The van der Waals surface area contributed by atoms with E-state index in [-0.39, 0.29) is 24.5 Å². The van der Waals surface area contributed by atoms with Crippen LogP contribution < -0.4 is 20.7 Å². The maximum atomic E-state index is 12.9. The smallest absolute Gasteiger partial charge is 0.258 e. The number of nitrogens with zero attached hydrogens (tertiary/aromatic N) is 1. The highest BCUT2D eigenvalue weighted by Crippen LogP contribution is 2.54. The Morgan fingerprint density at radius 1 is 1.15 bits per heavy atom. The topological polar surface area (TPSA) is 102 Å². The molecular weight excluding hydrogens is 418 g/mol. The van der Waals surface area contributed by atoms with Crippen molar-refractivity contribution in [1.82, 2.24) is 5.32 Å². The Kier molecular flexibility index (Phi) is 6.54. The van der Waals surface area contributed by atoms with Crippen molar-refractivity contribution in [2.45, 2.75) is 58.5 Å². The van der Waals surface area contributed by atoms with Crippen molar-refractivity contribution in [1.29, 1.82) is 0 Å². The molecule has 0 bridgehead atoms. The number of benzene rings is 2. The third-order valence-electron chi connectivity index (χ3n) is 6.37. The highest BCUT2D eigenvalue weighted by Gasteiger charge is 2.57. The van der Waals surface area contributed by atoms with Crippen LogP contribution >= 0.6 is 0 Å². The Hall–Kier alpha value is -3.35. The van der Waals surface area contributed by atoms with E-state index in [9.17, 15) is 14.4 Å². The normalized spacial score (nSPS) is 21.3. The van der Waals surface area contributed by atoms with Crippen molar-refractivity contribution in [2.75, 3.05) is 11.5 Å². The first kappa shape index (κ1) is 24.3. The Bertz CT molecular complexity index is 1060. The van der Waals surface area contributed by atoms with Crippen LogP contribution in [-0.4, -0.2) is 35.9 Å². The highest BCUT2D eigenvalue weighted by atomic mass is 16.5. The fourth-order valence-electron chi connectivity index (χ4n) is 5.27. The summed E-state index contributed by atoms with van der Waals surface area (Å²) in [6, 6.07) is 15.9. The van der Waals surface area contributed by atoms with Crippen LogP contribution in [0.5, 0.6) is 5.75 Å². The van der Waals surface area contributed by atoms with E-state index in [0.717, 1.165) is 16.8 Å². The summed E-state index contributed by atoms with van der Waals surface area (Å²) in [4.78, 5) is 39.1. The average Bonchev–Trinajstić information content (AvgIpc) is 2.71. The van der Waals surface area contributed by atoms with Crippen LogP contribution in [0.15, 0.2) is 42.5 Å². The number of carbonyl (C=O) groups is 3. The third-order valence-corrected chi connectivity index (χ3v) is 6.37. The van der Waals surface area contributed by atoms with Gasteiger partial charge in [0.05, 0.1) is 11.5 Å². The fourth-order valence-corrected chi connectivity index (χ4v) is 5.27. The van der Waals surface area contributed by atoms with E-state index in [4.69, 9.17) is 10.5 Å². The summed E-state index contributed by atoms with van der Waals surface area (Å²) >= 11 is 0. The molecule has 1 heterocycles. The summed E-state index contributed by atoms with van der Waals surface area (Å²) in [7, 11) is 0. The number of hydrogen-bond acceptors (Lipinski definition) is 4. The molecule has 2 atom stereocenters. The van der Waals surface area contributed by atoms with Crippen LogP contribution in [0, 0.1) is 12.0 Å². The quantitative estimate of drug-likeness (QED) is 0.706. The monoisotopic (exact) mass is 450 g/mol. The summed E-state index contributed by atoms with van der Waals surface area (Å²) in [5, 5.41) is 2.78. The zero-order valence-corrected chi connectivity index (χ0v) is 20.1. The van der Waals surface area contributed by atoms with Gasteiger partial charge in [-0.05, 0) is 69.2 Å². The van der Waals surface area contributed by atoms with Crippen molar-refractivity contribution in [2.24, 2.45) is 11.7 Å². The SMILES string of the molecule is CC(=O)N1c2cc[c]cc2C(C)(c2ccc(OCC(=O)NC(C)C)cc2)C(C(N)=O)C1(C)C. The molecule has 0 saturated carbocycles. The van der Waals surface area contributed by atoms with Crippen molar-refractivity contribution in [3.8, 4) is 5.75 Å². The fraction of sp³-hybridized carbons (Fsp3) is 0.423. The summed E-state index contributed by atoms with van der Waals surface area (Å²) in [6.07, 6.45) is 0. The zero-order valence-electron chi connectivity index (χ0n) is 20.1. The van der Waals surface area contributed by atoms with Crippen molar-refractivity contribution in [3.05, 3.63) is 59.7 Å². The molecular formula is C26H32N3O4. The second kappa shape index (κ2) is 8.89. The molecule has 175 valence electrons. The molecule has 0 fully saturated rings. The zero-order chi connectivity index (χ0) is 24.6. The van der Waals surface area contributed by atoms with Gasteiger partial charge in [-0.3, -0.25) is 14.4 Å². The molecule has 33 heavy (non-hydrogen) atoms. The minimum absolute atomic E-state index is 0.0373. The van der Waals surface area contributed by atoms with Gasteiger partial charge in [-0.25, -0.2) is 0 Å². The highest BCUT2D eigenvalue weighted by molar-refractivity contribution is 5.98. The molecule has 0 spiro atoms. The predicted octanol–water partition coefficient (Wildman–Crippen LogP) is 2.94. The van der Waals surface area contributed by atoms with Crippen LogP contribution in [0.1, 0.15) is 52.7 Å². The van der Waals surface area contributed by atoms with Gasteiger partial charge >= 0.3 is 0 Å². The van der Waals surface area contributed by atoms with Crippen LogP contribution in [0.2, 0.25) is 0 Å². The summed E-state index contributed by atoms with van der Waals surface area (Å²) in [6.45, 7) is 10.9. The van der Waals surface area contributed by atoms with E-state index in [0.29, 0.717) is 5.75 Å². The van der Waals surface area contributed by atoms with E-state index < -0.39 is 22.8 Å². The van der Waals surface area contributed by atoms with Crippen LogP contribution in [-0.2, 0) is 19.8 Å². The Morgan fingerprint density at radius 3 is 2.33 bits per heavy atom. The number of rotatable bonds is 6. The molecule has 0 aliphatic carbocycles. The molecule has 7 nitrogen and oxygen atoms in total. The maximum absolute atomic E-state index is 12.9. The van der Waals surface area contributed by atoms with Gasteiger partial charge in [0.25, 0.3) is 5.91 Å². The predicted molar refractivity (Wildman–Crippen MR) is 127 cm³/mol.